The highest BCUT2D eigenvalue weighted by Crippen LogP contribution is 2.27. The van der Waals surface area contributed by atoms with Crippen LogP contribution in [0.1, 0.15) is 12.8 Å². The number of nitrogens with one attached hydrogen (secondary N) is 1. The van der Waals surface area contributed by atoms with Crippen LogP contribution in [0.3, 0.4) is 0 Å². The van der Waals surface area contributed by atoms with Crippen LogP contribution < -0.4 is 5.32 Å². The monoisotopic (exact) mass is 215 g/mol. The van der Waals surface area contributed by atoms with Crippen molar-refractivity contribution in [3.8, 4) is 0 Å². The molecule has 1 atom stereocenters. The molecule has 0 amide bonds. The maximum atomic E-state index is 12.6. The van der Waals surface area contributed by atoms with Crippen LogP contribution in [-0.4, -0.2) is 30.1 Å². The highest BCUT2D eigenvalue weighted by molar-refractivity contribution is 5.85. The predicted molar refractivity (Wildman–Crippen MR) is 45.4 cm³/mol. The van der Waals surface area contributed by atoms with Gasteiger partial charge in [-0.05, 0) is 12.5 Å². The Morgan fingerprint density at radius 1 is 1.62 bits per heavy atom. The molecule has 0 spiro atoms. The van der Waals surface area contributed by atoms with Gasteiger partial charge in [0.15, 0.2) is 0 Å². The van der Waals surface area contributed by atoms with Crippen molar-refractivity contribution >= 4 is 18.4 Å². The Morgan fingerprint density at radius 2 is 2.23 bits per heavy atom. The summed E-state index contributed by atoms with van der Waals surface area (Å²) in [6.45, 7) is 0.0466. The van der Waals surface area contributed by atoms with Gasteiger partial charge in [-0.25, -0.2) is 8.78 Å². The van der Waals surface area contributed by atoms with Gasteiger partial charge in [-0.3, -0.25) is 4.79 Å². The molecule has 6 heteroatoms. The van der Waals surface area contributed by atoms with Crippen LogP contribution in [0.15, 0.2) is 0 Å². The van der Waals surface area contributed by atoms with E-state index in [2.05, 4.69) is 5.32 Å². The summed E-state index contributed by atoms with van der Waals surface area (Å²) in [5.41, 5.74) is 0. The number of alkyl halides is 2. The largest absolute Gasteiger partial charge is 0.481 e. The molecule has 1 rings (SSSR count). The molecule has 0 aromatic rings. The standard InChI is InChI=1S/C7H11F2NO2.ClH/c8-7(9)2-5(1-6(11)12)3-10-4-7;/h5,10H,1-4H2,(H,11,12);1H. The fourth-order valence-corrected chi connectivity index (χ4v) is 1.42. The third kappa shape index (κ3) is 4.38. The molecule has 3 nitrogen and oxygen atoms in total. The van der Waals surface area contributed by atoms with E-state index >= 15 is 0 Å². The molecule has 1 aliphatic rings. The molecule has 0 bridgehead atoms. The minimum atomic E-state index is -2.74. The number of aliphatic carboxylic acids is 1. The Morgan fingerprint density at radius 3 is 2.69 bits per heavy atom. The summed E-state index contributed by atoms with van der Waals surface area (Å²) >= 11 is 0. The van der Waals surface area contributed by atoms with Crippen molar-refractivity contribution in [2.75, 3.05) is 13.1 Å². The molecule has 1 aliphatic heterocycles. The molecule has 78 valence electrons. The van der Waals surface area contributed by atoms with Crippen molar-refractivity contribution in [1.29, 1.82) is 0 Å². The lowest BCUT2D eigenvalue weighted by Crippen LogP contribution is -2.44. The molecule has 2 N–H and O–H groups in total. The fourth-order valence-electron chi connectivity index (χ4n) is 1.42. The molecule has 1 fully saturated rings. The number of carboxylic acid groups (broad SMARTS) is 1. The molecular weight excluding hydrogens is 204 g/mol. The molecule has 0 aromatic carbocycles. The van der Waals surface area contributed by atoms with Crippen LogP contribution in [-0.2, 0) is 4.79 Å². The lowest BCUT2D eigenvalue weighted by molar-refractivity contribution is -0.139. The molecule has 13 heavy (non-hydrogen) atoms. The molecule has 0 aromatic heterocycles. The summed E-state index contributed by atoms with van der Waals surface area (Å²) in [5, 5.41) is 10.9. The van der Waals surface area contributed by atoms with E-state index in [1.54, 1.807) is 0 Å². The number of piperidine rings is 1. The van der Waals surface area contributed by atoms with Crippen molar-refractivity contribution < 1.29 is 18.7 Å². The van der Waals surface area contributed by atoms with Gasteiger partial charge in [-0.15, -0.1) is 12.4 Å². The minimum Gasteiger partial charge on any atom is -0.481 e. The number of carbonyl (C=O) groups is 1. The average Bonchev–Trinajstić information content (AvgIpc) is 1.82. The highest BCUT2D eigenvalue weighted by atomic mass is 35.5. The van der Waals surface area contributed by atoms with Gasteiger partial charge >= 0.3 is 5.97 Å². The van der Waals surface area contributed by atoms with E-state index in [-0.39, 0.29) is 31.8 Å². The van der Waals surface area contributed by atoms with E-state index in [1.807, 2.05) is 0 Å². The summed E-state index contributed by atoms with van der Waals surface area (Å²) in [6.07, 6.45) is -0.491. The van der Waals surface area contributed by atoms with E-state index in [0.29, 0.717) is 6.54 Å². The van der Waals surface area contributed by atoms with Crippen LogP contribution in [0.5, 0.6) is 0 Å². The van der Waals surface area contributed by atoms with Crippen molar-refractivity contribution in [3.63, 3.8) is 0 Å². The van der Waals surface area contributed by atoms with E-state index in [4.69, 9.17) is 5.11 Å². The topological polar surface area (TPSA) is 49.3 Å². The van der Waals surface area contributed by atoms with E-state index < -0.39 is 17.8 Å². The summed E-state index contributed by atoms with van der Waals surface area (Å²) in [6, 6.07) is 0. The van der Waals surface area contributed by atoms with Crippen molar-refractivity contribution in [3.05, 3.63) is 0 Å². The lowest BCUT2D eigenvalue weighted by atomic mass is 9.94. The van der Waals surface area contributed by atoms with Crippen LogP contribution >= 0.6 is 12.4 Å². The fraction of sp³-hybridized carbons (Fsp3) is 0.857. The van der Waals surface area contributed by atoms with Crippen molar-refractivity contribution in [2.45, 2.75) is 18.8 Å². The van der Waals surface area contributed by atoms with Crippen molar-refractivity contribution in [2.24, 2.45) is 5.92 Å². The number of hydrogen-bond donors (Lipinski definition) is 2. The summed E-state index contributed by atoms with van der Waals surface area (Å²) in [4.78, 5) is 10.2. The summed E-state index contributed by atoms with van der Waals surface area (Å²) in [7, 11) is 0. The van der Waals surface area contributed by atoms with Crippen LogP contribution in [0.25, 0.3) is 0 Å². The quantitative estimate of drug-likeness (QED) is 0.726. The third-order valence-corrected chi connectivity index (χ3v) is 1.87. The normalized spacial score (nSPS) is 26.2. The first-order valence-electron chi connectivity index (χ1n) is 3.80. The third-order valence-electron chi connectivity index (χ3n) is 1.87. The van der Waals surface area contributed by atoms with Gasteiger partial charge in [0, 0.05) is 12.8 Å². The zero-order valence-electron chi connectivity index (χ0n) is 6.93. The Hall–Kier alpha value is -0.420. The van der Waals surface area contributed by atoms with Gasteiger partial charge in [-0.1, -0.05) is 0 Å². The second-order valence-corrected chi connectivity index (χ2v) is 3.15. The van der Waals surface area contributed by atoms with Gasteiger partial charge < -0.3 is 10.4 Å². The van der Waals surface area contributed by atoms with Gasteiger partial charge in [0.2, 0.25) is 0 Å². The number of hydrogen-bond acceptors (Lipinski definition) is 2. The Kier molecular flexibility index (Phi) is 4.56. The first-order chi connectivity index (χ1) is 5.49. The summed E-state index contributed by atoms with van der Waals surface area (Å²) in [5.74, 6) is -4.19. The second kappa shape index (κ2) is 4.72. The lowest BCUT2D eigenvalue weighted by Gasteiger charge is -2.28. The van der Waals surface area contributed by atoms with Gasteiger partial charge in [0.1, 0.15) is 0 Å². The molecule has 1 heterocycles. The molecule has 1 unspecified atom stereocenters. The predicted octanol–water partition coefficient (Wildman–Crippen LogP) is 1.13. The molecular formula is C7H12ClF2NO2. The smallest absolute Gasteiger partial charge is 0.303 e. The van der Waals surface area contributed by atoms with Crippen molar-refractivity contribution in [1.82, 2.24) is 5.32 Å². The SMILES string of the molecule is Cl.O=C(O)CC1CNCC(F)(F)C1. The van der Waals surface area contributed by atoms with E-state index in [9.17, 15) is 13.6 Å². The highest BCUT2D eigenvalue weighted by Gasteiger charge is 2.36. The number of halogens is 3. The van der Waals surface area contributed by atoms with Gasteiger partial charge in [0.05, 0.1) is 6.54 Å². The molecule has 0 radical (unpaired) electrons. The Balaban J connectivity index is 0.00000144. The van der Waals surface area contributed by atoms with E-state index in [1.165, 1.54) is 0 Å². The van der Waals surface area contributed by atoms with Gasteiger partial charge in [0.25, 0.3) is 5.92 Å². The summed E-state index contributed by atoms with van der Waals surface area (Å²) < 4.78 is 25.3. The first-order valence-corrected chi connectivity index (χ1v) is 3.80. The van der Waals surface area contributed by atoms with Crippen LogP contribution in [0.2, 0.25) is 0 Å². The minimum absolute atomic E-state index is 0. The number of rotatable bonds is 2. The zero-order valence-corrected chi connectivity index (χ0v) is 7.74. The maximum absolute atomic E-state index is 12.6. The molecule has 1 saturated heterocycles. The average molecular weight is 216 g/mol. The zero-order chi connectivity index (χ0) is 9.19. The molecule has 0 aliphatic carbocycles. The van der Waals surface area contributed by atoms with Crippen LogP contribution in [0.4, 0.5) is 8.78 Å². The Bertz CT molecular complexity index is 189. The van der Waals surface area contributed by atoms with Gasteiger partial charge in [-0.2, -0.15) is 0 Å². The number of carboxylic acids is 1. The van der Waals surface area contributed by atoms with Crippen LogP contribution in [0, 0.1) is 5.92 Å². The van der Waals surface area contributed by atoms with E-state index in [0.717, 1.165) is 0 Å². The maximum Gasteiger partial charge on any atom is 0.303 e. The first kappa shape index (κ1) is 12.6. The Labute approximate surface area is 80.9 Å². The second-order valence-electron chi connectivity index (χ2n) is 3.15. The molecule has 0 saturated carbocycles.